The first kappa shape index (κ1) is 8.84. The molecule has 0 bridgehead atoms. The van der Waals surface area contributed by atoms with E-state index in [0.29, 0.717) is 0 Å². The van der Waals surface area contributed by atoms with Crippen LogP contribution < -0.4 is 5.32 Å². The van der Waals surface area contributed by atoms with Crippen molar-refractivity contribution in [3.05, 3.63) is 0 Å². The van der Waals surface area contributed by atoms with Gasteiger partial charge >= 0.3 is 0 Å². The molecule has 0 fully saturated rings. The lowest BCUT2D eigenvalue weighted by Crippen LogP contribution is -2.28. The van der Waals surface area contributed by atoms with E-state index in [9.17, 15) is 0 Å². The summed E-state index contributed by atoms with van der Waals surface area (Å²) in [5.41, 5.74) is 0. The predicted octanol–water partition coefficient (Wildman–Crippen LogP) is 0.452. The van der Waals surface area contributed by atoms with E-state index >= 15 is 0 Å². The molecule has 4 nitrogen and oxygen atoms in total. The Kier molecular flexibility index (Phi) is 5.86. The zero-order valence-corrected chi connectivity index (χ0v) is 6.01. The third-order valence-corrected chi connectivity index (χ3v) is 0.743. The molecule has 56 valence electrons. The first-order chi connectivity index (χ1) is 4.31. The van der Waals surface area contributed by atoms with Crippen molar-refractivity contribution in [3.8, 4) is 0 Å². The minimum atomic E-state index is -0.130. The summed E-state index contributed by atoms with van der Waals surface area (Å²) >= 11 is 0. The third-order valence-electron chi connectivity index (χ3n) is 0.743. The lowest BCUT2D eigenvalue weighted by atomic mass is 10.6. The number of rotatable bonds is 5. The van der Waals surface area contributed by atoms with Crippen molar-refractivity contribution in [2.24, 2.45) is 0 Å². The highest BCUT2D eigenvalue weighted by Gasteiger charge is 1.97. The zero-order chi connectivity index (χ0) is 7.11. The van der Waals surface area contributed by atoms with E-state index in [2.05, 4.69) is 20.1 Å². The van der Waals surface area contributed by atoms with Crippen LogP contribution in [0.5, 0.6) is 0 Å². The molecule has 1 N–H and O–H groups in total. The van der Waals surface area contributed by atoms with Gasteiger partial charge in [0.05, 0.1) is 7.11 Å². The van der Waals surface area contributed by atoms with Crippen LogP contribution in [0.2, 0.25) is 0 Å². The van der Waals surface area contributed by atoms with Crippen LogP contribution in [0.15, 0.2) is 0 Å². The van der Waals surface area contributed by atoms with Gasteiger partial charge in [-0.3, -0.25) is 5.32 Å². The van der Waals surface area contributed by atoms with Crippen LogP contribution in [0.3, 0.4) is 0 Å². The second kappa shape index (κ2) is 5.97. The maximum absolute atomic E-state index is 4.60. The summed E-state index contributed by atoms with van der Waals surface area (Å²) in [6.07, 6.45) is -0.130. The summed E-state index contributed by atoms with van der Waals surface area (Å²) in [5, 5.41) is 7.14. The highest BCUT2D eigenvalue weighted by atomic mass is 17.5. The molecule has 0 aromatic heterocycles. The minimum Gasteiger partial charge on any atom is -0.290 e. The van der Waals surface area contributed by atoms with Gasteiger partial charge in [0.25, 0.3) is 0 Å². The molecule has 0 aliphatic heterocycles. The third kappa shape index (κ3) is 5.72. The summed E-state index contributed by atoms with van der Waals surface area (Å²) in [4.78, 5) is 8.79. The molecule has 4 heteroatoms. The molecule has 1 atom stereocenters. The molecule has 0 aliphatic carbocycles. The van der Waals surface area contributed by atoms with Crippen LogP contribution in [-0.4, -0.2) is 19.9 Å². The van der Waals surface area contributed by atoms with Gasteiger partial charge < -0.3 is 0 Å². The van der Waals surface area contributed by atoms with Crippen LogP contribution in [0, 0.1) is 0 Å². The van der Waals surface area contributed by atoms with Crippen LogP contribution in [0.1, 0.15) is 13.8 Å². The Bertz CT molecular complexity index is 60.2. The number of hydrogen-bond donors (Lipinski definition) is 1. The molecule has 1 unspecified atom stereocenters. The van der Waals surface area contributed by atoms with E-state index in [1.54, 1.807) is 0 Å². The van der Waals surface area contributed by atoms with Gasteiger partial charge in [0.1, 0.15) is 6.23 Å². The average Bonchev–Trinajstić information content (AvgIpc) is 1.85. The normalized spacial score (nSPS) is 13.7. The largest absolute Gasteiger partial charge is 0.290 e. The SMILES string of the molecule is CCNC(C)OOOC. The number of nitrogens with one attached hydrogen (secondary N) is 1. The minimum absolute atomic E-state index is 0.130. The molecule has 0 rings (SSSR count). The molecular weight excluding hydrogens is 122 g/mol. The molecule has 0 radical (unpaired) electrons. The standard InChI is InChI=1S/C5H13NO3/c1-4-6-5(2)8-9-7-3/h5-6H,4H2,1-3H3. The average molecular weight is 135 g/mol. The van der Waals surface area contributed by atoms with Gasteiger partial charge in [-0.05, 0) is 13.5 Å². The topological polar surface area (TPSA) is 39.7 Å². The van der Waals surface area contributed by atoms with Crippen molar-refractivity contribution in [1.82, 2.24) is 5.32 Å². The fourth-order valence-electron chi connectivity index (χ4n) is 0.420. The summed E-state index contributed by atoms with van der Waals surface area (Å²) in [6, 6.07) is 0. The van der Waals surface area contributed by atoms with Crippen LogP contribution >= 0.6 is 0 Å². The molecule has 0 aliphatic rings. The van der Waals surface area contributed by atoms with Crippen LogP contribution in [-0.2, 0) is 14.8 Å². The Balaban J connectivity index is 2.95. The highest BCUT2D eigenvalue weighted by molar-refractivity contribution is 4.38. The second-order valence-electron chi connectivity index (χ2n) is 1.53. The van der Waals surface area contributed by atoms with Crippen LogP contribution in [0.4, 0.5) is 0 Å². The van der Waals surface area contributed by atoms with Crippen molar-refractivity contribution in [3.63, 3.8) is 0 Å². The second-order valence-corrected chi connectivity index (χ2v) is 1.53. The van der Waals surface area contributed by atoms with E-state index in [0.717, 1.165) is 6.54 Å². The van der Waals surface area contributed by atoms with Gasteiger partial charge in [-0.15, -0.1) is 0 Å². The fraction of sp³-hybridized carbons (Fsp3) is 1.00. The Morgan fingerprint density at radius 2 is 2.22 bits per heavy atom. The van der Waals surface area contributed by atoms with Crippen LogP contribution in [0.25, 0.3) is 0 Å². The van der Waals surface area contributed by atoms with Crippen molar-refractivity contribution < 1.29 is 14.8 Å². The van der Waals surface area contributed by atoms with Gasteiger partial charge in [-0.2, -0.15) is 4.89 Å². The van der Waals surface area contributed by atoms with Gasteiger partial charge in [-0.1, -0.05) is 12.0 Å². The van der Waals surface area contributed by atoms with E-state index in [1.165, 1.54) is 7.11 Å². The molecule has 9 heavy (non-hydrogen) atoms. The van der Waals surface area contributed by atoms with E-state index in [4.69, 9.17) is 0 Å². The van der Waals surface area contributed by atoms with E-state index in [1.807, 2.05) is 13.8 Å². The van der Waals surface area contributed by atoms with Gasteiger partial charge in [-0.25, -0.2) is 4.89 Å². The Hall–Kier alpha value is -0.160. The molecule has 0 amide bonds. The summed E-state index contributed by atoms with van der Waals surface area (Å²) in [7, 11) is 1.39. The maximum atomic E-state index is 4.60. The molecule has 0 saturated heterocycles. The molecule has 0 aromatic rings. The van der Waals surface area contributed by atoms with Crippen molar-refractivity contribution in [2.45, 2.75) is 20.1 Å². The molecule has 0 heterocycles. The quantitative estimate of drug-likeness (QED) is 0.337. The first-order valence-electron chi connectivity index (χ1n) is 2.90. The molecule has 0 spiro atoms. The highest BCUT2D eigenvalue weighted by Crippen LogP contribution is 1.85. The van der Waals surface area contributed by atoms with Crippen molar-refractivity contribution in [2.75, 3.05) is 13.7 Å². The predicted molar refractivity (Wildman–Crippen MR) is 32.3 cm³/mol. The van der Waals surface area contributed by atoms with Gasteiger partial charge in [0.15, 0.2) is 0 Å². The first-order valence-corrected chi connectivity index (χ1v) is 2.90. The lowest BCUT2D eigenvalue weighted by Gasteiger charge is -2.08. The fourth-order valence-corrected chi connectivity index (χ4v) is 0.420. The van der Waals surface area contributed by atoms with E-state index < -0.39 is 0 Å². The van der Waals surface area contributed by atoms with Crippen molar-refractivity contribution >= 4 is 0 Å². The summed E-state index contributed by atoms with van der Waals surface area (Å²) < 4.78 is 0. The molecular formula is C5H13NO3. The Labute approximate surface area is 54.9 Å². The van der Waals surface area contributed by atoms with Crippen molar-refractivity contribution in [1.29, 1.82) is 0 Å². The Morgan fingerprint density at radius 3 is 2.67 bits per heavy atom. The molecule has 0 aromatic carbocycles. The monoisotopic (exact) mass is 135 g/mol. The summed E-state index contributed by atoms with van der Waals surface area (Å²) in [5.74, 6) is 0. The maximum Gasteiger partial charge on any atom is 0.144 e. The van der Waals surface area contributed by atoms with Gasteiger partial charge in [0, 0.05) is 0 Å². The van der Waals surface area contributed by atoms with E-state index in [-0.39, 0.29) is 6.23 Å². The molecule has 0 saturated carbocycles. The Morgan fingerprint density at radius 1 is 1.56 bits per heavy atom. The summed E-state index contributed by atoms with van der Waals surface area (Å²) in [6.45, 7) is 4.64. The smallest absolute Gasteiger partial charge is 0.144 e. The van der Waals surface area contributed by atoms with Gasteiger partial charge in [0.2, 0.25) is 0 Å². The lowest BCUT2D eigenvalue weighted by molar-refractivity contribution is -0.517. The zero-order valence-electron chi connectivity index (χ0n) is 6.01. The number of hydrogen-bond acceptors (Lipinski definition) is 4.